The van der Waals surface area contributed by atoms with Gasteiger partial charge in [-0.2, -0.15) is 5.26 Å². The predicted octanol–water partition coefficient (Wildman–Crippen LogP) is 5.33. The molecule has 3 aromatic carbocycles. The second kappa shape index (κ2) is 8.69. The van der Waals surface area contributed by atoms with E-state index >= 15 is 0 Å². The standard InChI is InChI=1S/C30H28N2O4/c1-35-28-13-10-20(14-19(28)17-31)30(34)15-21-11-12-22(16-30)32(21)29(33)36-18-27-25-8-4-2-6-23(25)24-7-3-5-9-26(24)27/h2-10,13-14,21-22,27,34H,11-12,15-16,18H2,1H3. The zero-order valence-electron chi connectivity index (χ0n) is 20.2. The maximum Gasteiger partial charge on any atom is 0.410 e. The van der Waals surface area contributed by atoms with Crippen molar-refractivity contribution in [3.05, 3.63) is 89.0 Å². The molecule has 6 nitrogen and oxygen atoms in total. The minimum atomic E-state index is -1.09. The number of benzene rings is 3. The van der Waals surface area contributed by atoms with Crippen LogP contribution in [0.2, 0.25) is 0 Å². The van der Waals surface area contributed by atoms with Gasteiger partial charge in [-0.3, -0.25) is 0 Å². The molecule has 0 radical (unpaired) electrons. The summed E-state index contributed by atoms with van der Waals surface area (Å²) in [5, 5.41) is 21.1. The Labute approximate surface area is 210 Å². The summed E-state index contributed by atoms with van der Waals surface area (Å²) < 4.78 is 11.2. The van der Waals surface area contributed by atoms with Crippen molar-refractivity contribution in [2.75, 3.05) is 13.7 Å². The van der Waals surface area contributed by atoms with Gasteiger partial charge in [-0.15, -0.1) is 0 Å². The van der Waals surface area contributed by atoms with Gasteiger partial charge in [0.25, 0.3) is 0 Å². The van der Waals surface area contributed by atoms with Crippen LogP contribution in [0.1, 0.15) is 53.9 Å². The molecule has 2 atom stereocenters. The Morgan fingerprint density at radius 2 is 1.64 bits per heavy atom. The van der Waals surface area contributed by atoms with Crippen molar-refractivity contribution >= 4 is 6.09 Å². The monoisotopic (exact) mass is 480 g/mol. The lowest BCUT2D eigenvalue weighted by molar-refractivity contribution is -0.0531. The third kappa shape index (κ3) is 3.54. The predicted molar refractivity (Wildman–Crippen MR) is 135 cm³/mol. The normalized spacial score (nSPS) is 24.1. The van der Waals surface area contributed by atoms with E-state index in [0.29, 0.717) is 29.7 Å². The third-order valence-corrected chi connectivity index (χ3v) is 8.17. The first-order valence-electron chi connectivity index (χ1n) is 12.5. The van der Waals surface area contributed by atoms with Crippen molar-refractivity contribution in [1.82, 2.24) is 4.90 Å². The maximum atomic E-state index is 13.3. The molecule has 3 aliphatic rings. The summed E-state index contributed by atoms with van der Waals surface area (Å²) in [5.74, 6) is 0.508. The van der Waals surface area contributed by atoms with Gasteiger partial charge in [-0.05, 0) is 52.8 Å². The van der Waals surface area contributed by atoms with Crippen molar-refractivity contribution in [2.45, 2.75) is 49.3 Å². The van der Waals surface area contributed by atoms with Crippen LogP contribution in [-0.2, 0) is 10.3 Å². The van der Waals surface area contributed by atoms with Gasteiger partial charge in [-0.1, -0.05) is 54.6 Å². The van der Waals surface area contributed by atoms with Crippen LogP contribution < -0.4 is 4.74 Å². The minimum absolute atomic E-state index is 0.0180. The molecule has 6 heteroatoms. The van der Waals surface area contributed by atoms with Crippen LogP contribution in [0.4, 0.5) is 4.79 Å². The van der Waals surface area contributed by atoms with Crippen LogP contribution in [0.15, 0.2) is 66.7 Å². The van der Waals surface area contributed by atoms with E-state index in [0.717, 1.165) is 12.8 Å². The molecule has 0 aromatic heterocycles. The lowest BCUT2D eigenvalue weighted by Gasteiger charge is -2.43. The van der Waals surface area contributed by atoms with Crippen LogP contribution in [0.25, 0.3) is 11.1 Å². The molecule has 2 fully saturated rings. The van der Waals surface area contributed by atoms with E-state index in [1.54, 1.807) is 12.1 Å². The van der Waals surface area contributed by atoms with E-state index in [1.165, 1.54) is 29.4 Å². The number of ether oxygens (including phenoxy) is 2. The van der Waals surface area contributed by atoms with Crippen molar-refractivity contribution < 1.29 is 19.4 Å². The van der Waals surface area contributed by atoms with Crippen molar-refractivity contribution in [3.63, 3.8) is 0 Å². The van der Waals surface area contributed by atoms with Gasteiger partial charge < -0.3 is 19.5 Å². The molecule has 36 heavy (non-hydrogen) atoms. The largest absolute Gasteiger partial charge is 0.495 e. The number of carbonyl (C=O) groups is 1. The van der Waals surface area contributed by atoms with E-state index in [1.807, 2.05) is 35.2 Å². The summed E-state index contributed by atoms with van der Waals surface area (Å²) in [7, 11) is 1.53. The Bertz CT molecular complexity index is 1320. The van der Waals surface area contributed by atoms with Crippen molar-refractivity contribution in [2.24, 2.45) is 0 Å². The number of aliphatic hydroxyl groups is 1. The first-order valence-corrected chi connectivity index (χ1v) is 12.5. The average Bonchev–Trinajstić information content (AvgIpc) is 3.38. The van der Waals surface area contributed by atoms with Crippen LogP contribution in [-0.4, -0.2) is 41.9 Å². The van der Waals surface area contributed by atoms with Crippen LogP contribution in [0, 0.1) is 11.3 Å². The number of amides is 1. The molecule has 182 valence electrons. The number of fused-ring (bicyclic) bond motifs is 5. The highest BCUT2D eigenvalue weighted by Crippen LogP contribution is 2.47. The van der Waals surface area contributed by atoms with Gasteiger partial charge in [-0.25, -0.2) is 4.79 Å². The van der Waals surface area contributed by atoms with Crippen molar-refractivity contribution in [3.8, 4) is 22.9 Å². The molecular weight excluding hydrogens is 452 g/mol. The molecule has 2 unspecified atom stereocenters. The molecule has 0 saturated carbocycles. The average molecular weight is 481 g/mol. The van der Waals surface area contributed by atoms with Gasteiger partial charge in [0, 0.05) is 30.8 Å². The van der Waals surface area contributed by atoms with Crippen LogP contribution in [0.3, 0.4) is 0 Å². The van der Waals surface area contributed by atoms with E-state index in [4.69, 9.17) is 9.47 Å². The highest BCUT2D eigenvalue weighted by molar-refractivity contribution is 5.79. The van der Waals surface area contributed by atoms with E-state index in [2.05, 4.69) is 30.3 Å². The van der Waals surface area contributed by atoms with Crippen molar-refractivity contribution in [1.29, 1.82) is 5.26 Å². The highest BCUT2D eigenvalue weighted by Gasteiger charge is 2.51. The van der Waals surface area contributed by atoms with Gasteiger partial charge in [0.15, 0.2) is 0 Å². The number of carbonyl (C=O) groups excluding carboxylic acids is 1. The molecule has 3 aromatic rings. The third-order valence-electron chi connectivity index (χ3n) is 8.17. The molecule has 2 aliphatic heterocycles. The fourth-order valence-electron chi connectivity index (χ4n) is 6.51. The number of rotatable bonds is 4. The Morgan fingerprint density at radius 1 is 1.03 bits per heavy atom. The number of methoxy groups -OCH3 is 1. The molecule has 2 saturated heterocycles. The SMILES string of the molecule is COc1ccc(C2(O)CC3CCC(C2)N3C(=O)OCC2c3ccccc3-c3ccccc32)cc1C#N. The Balaban J connectivity index is 1.18. The zero-order chi connectivity index (χ0) is 24.9. The lowest BCUT2D eigenvalue weighted by Crippen LogP contribution is -2.52. The van der Waals surface area contributed by atoms with E-state index in [-0.39, 0.29) is 30.7 Å². The summed E-state index contributed by atoms with van der Waals surface area (Å²) >= 11 is 0. The lowest BCUT2D eigenvalue weighted by atomic mass is 9.80. The fraction of sp³-hybridized carbons (Fsp3) is 0.333. The number of hydrogen-bond acceptors (Lipinski definition) is 5. The molecule has 1 N–H and O–H groups in total. The van der Waals surface area contributed by atoms with Gasteiger partial charge in [0.05, 0.1) is 18.3 Å². The molecular formula is C30H28N2O4. The summed E-state index contributed by atoms with van der Waals surface area (Å²) in [5.41, 5.74) is 4.79. The van der Waals surface area contributed by atoms with Gasteiger partial charge in [0.1, 0.15) is 18.4 Å². The highest BCUT2D eigenvalue weighted by atomic mass is 16.6. The first-order chi connectivity index (χ1) is 17.5. The Kier molecular flexibility index (Phi) is 5.46. The topological polar surface area (TPSA) is 82.8 Å². The maximum absolute atomic E-state index is 13.3. The Morgan fingerprint density at radius 3 is 2.22 bits per heavy atom. The minimum Gasteiger partial charge on any atom is -0.495 e. The molecule has 0 spiro atoms. The first kappa shape index (κ1) is 22.6. The summed E-state index contributed by atoms with van der Waals surface area (Å²) in [6, 6.07) is 23.8. The summed E-state index contributed by atoms with van der Waals surface area (Å²) in [6.07, 6.45) is 2.20. The molecule has 2 bridgehead atoms. The number of hydrogen-bond donors (Lipinski definition) is 1. The molecule has 1 amide bonds. The smallest absolute Gasteiger partial charge is 0.410 e. The second-order valence-corrected chi connectivity index (χ2v) is 10.1. The fourth-order valence-corrected chi connectivity index (χ4v) is 6.51. The Hall–Kier alpha value is -3.82. The van der Waals surface area contributed by atoms with E-state index in [9.17, 15) is 15.2 Å². The van der Waals surface area contributed by atoms with Crippen LogP contribution in [0.5, 0.6) is 5.75 Å². The van der Waals surface area contributed by atoms with Gasteiger partial charge in [0.2, 0.25) is 0 Å². The van der Waals surface area contributed by atoms with E-state index < -0.39 is 5.60 Å². The molecule has 2 heterocycles. The van der Waals surface area contributed by atoms with Crippen LogP contribution >= 0.6 is 0 Å². The summed E-state index contributed by atoms with van der Waals surface area (Å²) in [4.78, 5) is 15.2. The number of piperidine rings is 1. The molecule has 1 aliphatic carbocycles. The zero-order valence-corrected chi connectivity index (χ0v) is 20.2. The second-order valence-electron chi connectivity index (χ2n) is 10.1. The number of nitriles is 1. The number of nitrogens with zero attached hydrogens (tertiary/aromatic N) is 2. The quantitative estimate of drug-likeness (QED) is 0.546. The molecule has 6 rings (SSSR count). The van der Waals surface area contributed by atoms with Gasteiger partial charge >= 0.3 is 6.09 Å². The summed E-state index contributed by atoms with van der Waals surface area (Å²) in [6.45, 7) is 0.289.